The second-order valence-corrected chi connectivity index (χ2v) is 7.09. The Morgan fingerprint density at radius 1 is 1.25 bits per heavy atom. The molecular weight excluding hydrogens is 390 g/mol. The first-order valence-corrected chi connectivity index (χ1v) is 7.70. The van der Waals surface area contributed by atoms with Gasteiger partial charge in [-0.15, -0.1) is 0 Å². The van der Waals surface area contributed by atoms with Crippen LogP contribution < -0.4 is 0 Å². The Kier molecular flexibility index (Phi) is 4.64. The third-order valence-corrected chi connectivity index (χ3v) is 4.43. The van der Waals surface area contributed by atoms with Crippen LogP contribution in [0, 0.1) is 9.39 Å². The van der Waals surface area contributed by atoms with Gasteiger partial charge in [0.2, 0.25) is 0 Å². The predicted octanol–water partition coefficient (Wildman–Crippen LogP) is 4.76. The van der Waals surface area contributed by atoms with Gasteiger partial charge in [-0.3, -0.25) is 0 Å². The molecule has 1 heterocycles. The first kappa shape index (κ1) is 15.6. The molecule has 2 nitrogen and oxygen atoms in total. The maximum absolute atomic E-state index is 13.2. The van der Waals surface area contributed by atoms with E-state index in [1.807, 2.05) is 6.07 Å². The minimum absolute atomic E-state index is 0.111. The summed E-state index contributed by atoms with van der Waals surface area (Å²) in [5.74, 6) is 0.362. The molecule has 0 bridgehead atoms. The summed E-state index contributed by atoms with van der Waals surface area (Å²) in [6.45, 7) is 6.25. The Labute approximate surface area is 136 Å². The average Bonchev–Trinajstić information content (AvgIpc) is 2.32. The van der Waals surface area contributed by atoms with E-state index < -0.39 is 0 Å². The zero-order valence-electron chi connectivity index (χ0n) is 11.5. The summed E-state index contributed by atoms with van der Waals surface area (Å²) in [6.07, 6.45) is 0.470. The van der Waals surface area contributed by atoms with Gasteiger partial charge in [-0.05, 0) is 40.3 Å². The molecule has 1 aromatic carbocycles. The molecule has 0 saturated heterocycles. The molecule has 106 valence electrons. The van der Waals surface area contributed by atoms with Crippen molar-refractivity contribution < 1.29 is 4.39 Å². The van der Waals surface area contributed by atoms with E-state index in [0.717, 1.165) is 14.8 Å². The average molecular weight is 405 g/mol. The number of halogens is 3. The van der Waals surface area contributed by atoms with E-state index in [4.69, 9.17) is 11.6 Å². The highest BCUT2D eigenvalue weighted by molar-refractivity contribution is 14.1. The summed E-state index contributed by atoms with van der Waals surface area (Å²) in [5, 5.41) is 0.455. The van der Waals surface area contributed by atoms with Gasteiger partial charge in [0, 0.05) is 11.8 Å². The Morgan fingerprint density at radius 2 is 1.95 bits per heavy atom. The molecule has 0 aliphatic rings. The van der Waals surface area contributed by atoms with Gasteiger partial charge in [0.05, 0.1) is 9.26 Å². The van der Waals surface area contributed by atoms with Crippen molar-refractivity contribution in [2.75, 3.05) is 0 Å². The van der Waals surface area contributed by atoms with E-state index in [-0.39, 0.29) is 11.2 Å². The van der Waals surface area contributed by atoms with Crippen LogP contribution in [0.5, 0.6) is 0 Å². The van der Waals surface area contributed by atoms with Gasteiger partial charge < -0.3 is 0 Å². The van der Waals surface area contributed by atoms with E-state index in [9.17, 15) is 4.39 Å². The Bertz CT molecular complexity index is 638. The van der Waals surface area contributed by atoms with Crippen molar-refractivity contribution in [3.63, 3.8) is 0 Å². The van der Waals surface area contributed by atoms with Crippen LogP contribution >= 0.6 is 34.2 Å². The van der Waals surface area contributed by atoms with Crippen LogP contribution in [0.3, 0.4) is 0 Å². The molecule has 0 aliphatic heterocycles. The second-order valence-electron chi connectivity index (χ2n) is 5.65. The molecule has 0 unspecified atom stereocenters. The Hall–Kier alpha value is -0.750. The van der Waals surface area contributed by atoms with Crippen molar-refractivity contribution >= 4 is 34.2 Å². The molecule has 2 rings (SSSR count). The quantitative estimate of drug-likeness (QED) is 0.533. The Morgan fingerprint density at radius 3 is 2.55 bits per heavy atom. The van der Waals surface area contributed by atoms with E-state index in [0.29, 0.717) is 17.4 Å². The van der Waals surface area contributed by atoms with Crippen LogP contribution in [0.15, 0.2) is 24.3 Å². The third kappa shape index (κ3) is 3.67. The SMILES string of the molecule is CC(C)(C)c1nc(Cc2cccc(F)c2)nc(Cl)c1I. The van der Waals surface area contributed by atoms with Gasteiger partial charge in [-0.2, -0.15) is 0 Å². The molecular formula is C15H15ClFIN2. The van der Waals surface area contributed by atoms with E-state index in [2.05, 4.69) is 53.3 Å². The smallest absolute Gasteiger partial charge is 0.146 e. The van der Waals surface area contributed by atoms with Crippen LogP contribution in [0.2, 0.25) is 5.15 Å². The fourth-order valence-corrected chi connectivity index (χ4v) is 3.11. The topological polar surface area (TPSA) is 25.8 Å². The number of hydrogen-bond donors (Lipinski definition) is 0. The summed E-state index contributed by atoms with van der Waals surface area (Å²) in [7, 11) is 0. The fourth-order valence-electron chi connectivity index (χ4n) is 1.87. The fraction of sp³-hybridized carbons (Fsp3) is 0.333. The van der Waals surface area contributed by atoms with Gasteiger partial charge in [-0.25, -0.2) is 14.4 Å². The van der Waals surface area contributed by atoms with Gasteiger partial charge in [0.15, 0.2) is 0 Å². The van der Waals surface area contributed by atoms with Crippen molar-refractivity contribution in [1.82, 2.24) is 9.97 Å². The van der Waals surface area contributed by atoms with Gasteiger partial charge in [0.1, 0.15) is 16.8 Å². The van der Waals surface area contributed by atoms with Crippen molar-refractivity contribution in [1.29, 1.82) is 0 Å². The molecule has 0 aliphatic carbocycles. The van der Waals surface area contributed by atoms with Gasteiger partial charge in [0.25, 0.3) is 0 Å². The number of nitrogens with zero attached hydrogens (tertiary/aromatic N) is 2. The molecule has 1 aromatic heterocycles. The van der Waals surface area contributed by atoms with Crippen LogP contribution in [-0.4, -0.2) is 9.97 Å². The molecule has 0 fully saturated rings. The highest BCUT2D eigenvalue weighted by Gasteiger charge is 2.22. The molecule has 0 saturated carbocycles. The molecule has 0 radical (unpaired) electrons. The third-order valence-electron chi connectivity index (χ3n) is 2.82. The lowest BCUT2D eigenvalue weighted by Gasteiger charge is -2.20. The van der Waals surface area contributed by atoms with Crippen molar-refractivity contribution in [3.05, 3.63) is 55.9 Å². The maximum atomic E-state index is 13.2. The van der Waals surface area contributed by atoms with Crippen LogP contribution in [0.4, 0.5) is 4.39 Å². The molecule has 0 N–H and O–H groups in total. The molecule has 0 atom stereocenters. The van der Waals surface area contributed by atoms with E-state index >= 15 is 0 Å². The van der Waals surface area contributed by atoms with Crippen molar-refractivity contribution in [2.45, 2.75) is 32.6 Å². The molecule has 2 aromatic rings. The Balaban J connectivity index is 2.41. The minimum atomic E-state index is -0.254. The maximum Gasteiger partial charge on any atom is 0.146 e. The van der Waals surface area contributed by atoms with Crippen LogP contribution in [0.25, 0.3) is 0 Å². The zero-order valence-corrected chi connectivity index (χ0v) is 14.5. The lowest BCUT2D eigenvalue weighted by atomic mass is 9.92. The number of hydrogen-bond acceptors (Lipinski definition) is 2. The highest BCUT2D eigenvalue weighted by Crippen LogP contribution is 2.29. The lowest BCUT2D eigenvalue weighted by Crippen LogP contribution is -2.18. The van der Waals surface area contributed by atoms with Crippen LogP contribution in [-0.2, 0) is 11.8 Å². The standard InChI is InChI=1S/C15H15ClFIN2/c1-15(2,3)13-12(18)14(16)20-11(19-13)8-9-5-4-6-10(17)7-9/h4-7H,8H2,1-3H3. The number of benzene rings is 1. The largest absolute Gasteiger partial charge is 0.236 e. The predicted molar refractivity (Wildman–Crippen MR) is 87.7 cm³/mol. The van der Waals surface area contributed by atoms with Crippen LogP contribution in [0.1, 0.15) is 37.9 Å². The van der Waals surface area contributed by atoms with Crippen molar-refractivity contribution in [3.8, 4) is 0 Å². The first-order chi connectivity index (χ1) is 9.27. The zero-order chi connectivity index (χ0) is 14.9. The summed E-state index contributed by atoms with van der Waals surface area (Å²) in [5.41, 5.74) is 1.64. The molecule has 20 heavy (non-hydrogen) atoms. The summed E-state index contributed by atoms with van der Waals surface area (Å²) in [4.78, 5) is 8.90. The first-order valence-electron chi connectivity index (χ1n) is 6.24. The van der Waals surface area contributed by atoms with Gasteiger partial charge >= 0.3 is 0 Å². The molecule has 5 heteroatoms. The number of rotatable bonds is 2. The second kappa shape index (κ2) is 5.93. The normalized spacial score (nSPS) is 11.7. The van der Waals surface area contributed by atoms with Crippen molar-refractivity contribution in [2.24, 2.45) is 0 Å². The molecule has 0 amide bonds. The summed E-state index contributed by atoms with van der Waals surface area (Å²) >= 11 is 8.36. The summed E-state index contributed by atoms with van der Waals surface area (Å²) in [6, 6.07) is 6.45. The monoisotopic (exact) mass is 404 g/mol. The van der Waals surface area contributed by atoms with E-state index in [1.54, 1.807) is 6.07 Å². The summed E-state index contributed by atoms with van der Waals surface area (Å²) < 4.78 is 14.1. The lowest BCUT2D eigenvalue weighted by molar-refractivity contribution is 0.558. The minimum Gasteiger partial charge on any atom is -0.236 e. The number of aromatic nitrogens is 2. The van der Waals surface area contributed by atoms with E-state index in [1.165, 1.54) is 12.1 Å². The molecule has 0 spiro atoms. The highest BCUT2D eigenvalue weighted by atomic mass is 127. The van der Waals surface area contributed by atoms with Gasteiger partial charge in [-0.1, -0.05) is 44.5 Å².